The summed E-state index contributed by atoms with van der Waals surface area (Å²) in [5.74, 6) is 0.804. The van der Waals surface area contributed by atoms with Crippen LogP contribution in [0.1, 0.15) is 11.4 Å². The van der Waals surface area contributed by atoms with Crippen molar-refractivity contribution >= 4 is 28.2 Å². The van der Waals surface area contributed by atoms with Crippen molar-refractivity contribution in [3.63, 3.8) is 0 Å². The molecule has 3 aromatic rings. The van der Waals surface area contributed by atoms with Crippen LogP contribution in [0.5, 0.6) is 0 Å². The molecule has 0 spiro atoms. The highest BCUT2D eigenvalue weighted by Crippen LogP contribution is 2.27. The average molecular weight is 299 g/mol. The van der Waals surface area contributed by atoms with E-state index in [0.29, 0.717) is 11.7 Å². The average Bonchev–Trinajstić information content (AvgIpc) is 2.48. The van der Waals surface area contributed by atoms with Crippen molar-refractivity contribution in [1.29, 1.82) is 0 Å². The summed E-state index contributed by atoms with van der Waals surface area (Å²) in [6.45, 7) is 2.66. The summed E-state index contributed by atoms with van der Waals surface area (Å²) in [6.07, 6.45) is 0. The smallest absolute Gasteiger partial charge is 0.159 e. The lowest BCUT2D eigenvalue weighted by atomic mass is 10.2. The summed E-state index contributed by atoms with van der Waals surface area (Å²) in [5, 5.41) is 10.6. The van der Waals surface area contributed by atoms with Gasteiger partial charge in [0.2, 0.25) is 0 Å². The molecule has 4 nitrogen and oxygen atoms in total. The molecule has 0 unspecified atom stereocenters. The van der Waals surface area contributed by atoms with Gasteiger partial charge in [0.15, 0.2) is 11.0 Å². The Hall–Kier alpha value is -2.20. The lowest BCUT2D eigenvalue weighted by Crippen LogP contribution is -2.19. The highest BCUT2D eigenvalue weighted by molar-refractivity contribution is 6.34. The molecule has 0 radical (unpaired) electrons. The molecule has 3 rings (SSSR count). The lowest BCUT2D eigenvalue weighted by Gasteiger charge is -2.19. The molecule has 0 aliphatic carbocycles. The number of hydrogen-bond acceptors (Lipinski definition) is 4. The summed E-state index contributed by atoms with van der Waals surface area (Å²) in [6, 6.07) is 13.9. The predicted octanol–water partition coefficient (Wildman–Crippen LogP) is 3.62. The molecule has 1 aromatic carbocycles. The van der Waals surface area contributed by atoms with Crippen LogP contribution >= 0.6 is 11.6 Å². The van der Waals surface area contributed by atoms with Crippen molar-refractivity contribution < 1.29 is 0 Å². The maximum absolute atomic E-state index is 6.11. The molecule has 2 aromatic heterocycles. The number of pyridine rings is 1. The molecule has 0 aliphatic rings. The predicted molar refractivity (Wildman–Crippen MR) is 85.6 cm³/mol. The first-order chi connectivity index (χ1) is 10.1. The zero-order valence-electron chi connectivity index (χ0n) is 11.9. The summed E-state index contributed by atoms with van der Waals surface area (Å²) < 4.78 is 0. The number of hydrogen-bond donors (Lipinski definition) is 0. The maximum atomic E-state index is 6.11. The van der Waals surface area contributed by atoms with E-state index in [0.717, 1.165) is 28.0 Å². The molecule has 0 fully saturated rings. The number of anilines is 1. The number of benzene rings is 1. The summed E-state index contributed by atoms with van der Waals surface area (Å²) >= 11 is 6.11. The first-order valence-corrected chi connectivity index (χ1v) is 7.07. The SMILES string of the molecule is Cc1cccc(CN(C)c2nnc(Cl)c3ccccc23)n1. The minimum absolute atomic E-state index is 0.427. The van der Waals surface area contributed by atoms with Gasteiger partial charge in [-0.15, -0.1) is 10.2 Å². The summed E-state index contributed by atoms with van der Waals surface area (Å²) in [5.41, 5.74) is 2.01. The van der Waals surface area contributed by atoms with Gasteiger partial charge in [0, 0.05) is 23.5 Å². The number of halogens is 1. The van der Waals surface area contributed by atoms with Gasteiger partial charge in [-0.3, -0.25) is 4.98 Å². The summed E-state index contributed by atoms with van der Waals surface area (Å²) in [7, 11) is 1.98. The minimum Gasteiger partial charge on any atom is -0.352 e. The molecule has 0 bridgehead atoms. The Morgan fingerprint density at radius 3 is 2.52 bits per heavy atom. The Labute approximate surface area is 128 Å². The number of rotatable bonds is 3. The molecule has 0 atom stereocenters. The van der Waals surface area contributed by atoms with Gasteiger partial charge in [0.25, 0.3) is 0 Å². The third-order valence-electron chi connectivity index (χ3n) is 3.33. The largest absolute Gasteiger partial charge is 0.352 e. The van der Waals surface area contributed by atoms with Crippen molar-refractivity contribution in [3.8, 4) is 0 Å². The van der Waals surface area contributed by atoms with Gasteiger partial charge in [-0.1, -0.05) is 41.9 Å². The molecule has 0 saturated carbocycles. The van der Waals surface area contributed by atoms with Gasteiger partial charge in [-0.05, 0) is 19.1 Å². The van der Waals surface area contributed by atoms with Crippen LogP contribution in [0.2, 0.25) is 5.15 Å². The fourth-order valence-electron chi connectivity index (χ4n) is 2.34. The van der Waals surface area contributed by atoms with Gasteiger partial charge in [-0.2, -0.15) is 0 Å². The number of aryl methyl sites for hydroxylation is 1. The van der Waals surface area contributed by atoms with Crippen LogP contribution in [-0.4, -0.2) is 22.2 Å². The number of nitrogens with zero attached hydrogens (tertiary/aromatic N) is 4. The third kappa shape index (κ3) is 2.81. The normalized spacial score (nSPS) is 10.8. The van der Waals surface area contributed by atoms with Crippen LogP contribution in [0.3, 0.4) is 0 Å². The molecule has 21 heavy (non-hydrogen) atoms. The van der Waals surface area contributed by atoms with Crippen LogP contribution in [-0.2, 0) is 6.54 Å². The van der Waals surface area contributed by atoms with Gasteiger partial charge in [0.1, 0.15) is 0 Å². The van der Waals surface area contributed by atoms with Gasteiger partial charge in [0.05, 0.1) is 12.2 Å². The Morgan fingerprint density at radius 2 is 1.76 bits per heavy atom. The van der Waals surface area contributed by atoms with E-state index in [9.17, 15) is 0 Å². The lowest BCUT2D eigenvalue weighted by molar-refractivity contribution is 0.846. The quantitative estimate of drug-likeness (QED) is 0.740. The van der Waals surface area contributed by atoms with Crippen molar-refractivity contribution in [3.05, 3.63) is 59.0 Å². The Bertz CT molecular complexity index is 788. The number of fused-ring (bicyclic) bond motifs is 1. The van der Waals surface area contributed by atoms with Crippen LogP contribution in [0.4, 0.5) is 5.82 Å². The van der Waals surface area contributed by atoms with Crippen LogP contribution < -0.4 is 4.90 Å². The van der Waals surface area contributed by atoms with E-state index in [1.165, 1.54) is 0 Å². The molecular weight excluding hydrogens is 284 g/mol. The van der Waals surface area contributed by atoms with Gasteiger partial charge in [-0.25, -0.2) is 0 Å². The van der Waals surface area contributed by atoms with Gasteiger partial charge >= 0.3 is 0 Å². The molecule has 0 saturated heterocycles. The zero-order chi connectivity index (χ0) is 14.8. The second kappa shape index (κ2) is 5.66. The monoisotopic (exact) mass is 298 g/mol. The molecule has 2 heterocycles. The van der Waals surface area contributed by atoms with E-state index in [4.69, 9.17) is 11.6 Å². The fourth-order valence-corrected chi connectivity index (χ4v) is 2.55. The first kappa shape index (κ1) is 13.8. The van der Waals surface area contributed by atoms with E-state index < -0.39 is 0 Å². The Kier molecular flexibility index (Phi) is 3.71. The maximum Gasteiger partial charge on any atom is 0.159 e. The highest BCUT2D eigenvalue weighted by Gasteiger charge is 2.12. The second-order valence-electron chi connectivity index (χ2n) is 4.99. The minimum atomic E-state index is 0.427. The van der Waals surface area contributed by atoms with E-state index in [1.54, 1.807) is 0 Å². The van der Waals surface area contributed by atoms with Crippen molar-refractivity contribution in [1.82, 2.24) is 15.2 Å². The Morgan fingerprint density at radius 1 is 1.00 bits per heavy atom. The van der Waals surface area contributed by atoms with Crippen LogP contribution in [0, 0.1) is 6.92 Å². The molecule has 5 heteroatoms. The topological polar surface area (TPSA) is 41.9 Å². The van der Waals surface area contributed by atoms with Crippen molar-refractivity contribution in [2.75, 3.05) is 11.9 Å². The second-order valence-corrected chi connectivity index (χ2v) is 5.34. The molecule has 0 amide bonds. The van der Waals surface area contributed by atoms with Gasteiger partial charge < -0.3 is 4.90 Å². The van der Waals surface area contributed by atoms with Crippen LogP contribution in [0.15, 0.2) is 42.5 Å². The van der Waals surface area contributed by atoms with E-state index in [-0.39, 0.29) is 0 Å². The van der Waals surface area contributed by atoms with E-state index >= 15 is 0 Å². The third-order valence-corrected chi connectivity index (χ3v) is 3.61. The summed E-state index contributed by atoms with van der Waals surface area (Å²) in [4.78, 5) is 6.56. The Balaban J connectivity index is 1.98. The molecule has 0 aliphatic heterocycles. The fraction of sp³-hybridized carbons (Fsp3) is 0.188. The molecule has 106 valence electrons. The zero-order valence-corrected chi connectivity index (χ0v) is 12.7. The van der Waals surface area contributed by atoms with E-state index in [2.05, 4.69) is 15.2 Å². The van der Waals surface area contributed by atoms with Crippen molar-refractivity contribution in [2.24, 2.45) is 0 Å². The molecule has 0 N–H and O–H groups in total. The van der Waals surface area contributed by atoms with E-state index in [1.807, 2.05) is 61.3 Å². The molecular formula is C16H15ClN4. The highest BCUT2D eigenvalue weighted by atomic mass is 35.5. The van der Waals surface area contributed by atoms with Crippen LogP contribution in [0.25, 0.3) is 10.8 Å². The standard InChI is InChI=1S/C16H15ClN4/c1-11-6-5-7-12(18-11)10-21(2)16-14-9-4-3-8-13(14)15(17)19-20-16/h3-9H,10H2,1-2H3. The first-order valence-electron chi connectivity index (χ1n) is 6.70. The number of aromatic nitrogens is 3. The van der Waals surface area contributed by atoms with Crippen molar-refractivity contribution in [2.45, 2.75) is 13.5 Å².